The average molecular weight is 306 g/mol. The second-order valence-electron chi connectivity index (χ2n) is 4.54. The van der Waals surface area contributed by atoms with E-state index < -0.39 is 11.9 Å². The highest BCUT2D eigenvalue weighted by Crippen LogP contribution is 2.33. The Morgan fingerprint density at radius 2 is 2.09 bits per heavy atom. The summed E-state index contributed by atoms with van der Waals surface area (Å²) in [6, 6.07) is 3.56. The molecule has 0 aromatic carbocycles. The maximum Gasteiger partial charge on any atom is 0.373 e. The Balaban J connectivity index is 2.24. The summed E-state index contributed by atoms with van der Waals surface area (Å²) in [5, 5.41) is 0. The summed E-state index contributed by atoms with van der Waals surface area (Å²) in [6.07, 6.45) is 4.83. The Morgan fingerprint density at radius 1 is 1.32 bits per heavy atom. The van der Waals surface area contributed by atoms with Crippen LogP contribution >= 0.6 is 0 Å². The van der Waals surface area contributed by atoms with Crippen molar-refractivity contribution in [1.29, 1.82) is 0 Å². The molecule has 2 rings (SSSR count). The maximum atomic E-state index is 11.9. The molecular formula is C16H18O6. The quantitative estimate of drug-likeness (QED) is 0.615. The number of ether oxygens (including phenoxy) is 3. The van der Waals surface area contributed by atoms with Crippen LogP contribution < -0.4 is 0 Å². The number of esters is 2. The number of carbonyl (C=O) groups excluding carboxylic acids is 2. The fraction of sp³-hybridized carbons (Fsp3) is 0.375. The highest BCUT2D eigenvalue weighted by Gasteiger charge is 2.27. The molecule has 6 nitrogen and oxygen atoms in total. The van der Waals surface area contributed by atoms with Crippen LogP contribution in [0.3, 0.4) is 0 Å². The first kappa shape index (κ1) is 15.9. The molecule has 22 heavy (non-hydrogen) atoms. The molecule has 0 amide bonds. The third-order valence-corrected chi connectivity index (χ3v) is 2.97. The van der Waals surface area contributed by atoms with Crippen LogP contribution in [0.15, 0.2) is 46.5 Å². The van der Waals surface area contributed by atoms with Crippen LogP contribution in [-0.2, 0) is 23.8 Å². The smallest absolute Gasteiger partial charge is 0.373 e. The van der Waals surface area contributed by atoms with Crippen molar-refractivity contribution < 1.29 is 28.2 Å². The highest BCUT2D eigenvalue weighted by atomic mass is 16.6. The molecule has 0 saturated heterocycles. The zero-order valence-electron chi connectivity index (χ0n) is 12.5. The van der Waals surface area contributed by atoms with Gasteiger partial charge in [-0.3, -0.25) is 0 Å². The largest absolute Gasteiger partial charge is 0.469 e. The van der Waals surface area contributed by atoms with Crippen LogP contribution in [0.1, 0.15) is 31.9 Å². The lowest BCUT2D eigenvalue weighted by Crippen LogP contribution is -2.17. The Kier molecular flexibility index (Phi) is 5.41. The Bertz CT molecular complexity index is 582. The summed E-state index contributed by atoms with van der Waals surface area (Å²) < 4.78 is 20.6. The van der Waals surface area contributed by atoms with Crippen LogP contribution in [0.25, 0.3) is 0 Å². The zero-order valence-corrected chi connectivity index (χ0v) is 12.5. The molecule has 6 heteroatoms. The summed E-state index contributed by atoms with van der Waals surface area (Å²) >= 11 is 0. The molecule has 0 N–H and O–H groups in total. The van der Waals surface area contributed by atoms with Crippen molar-refractivity contribution in [2.75, 3.05) is 13.2 Å². The van der Waals surface area contributed by atoms with Crippen LogP contribution in [0.2, 0.25) is 0 Å². The Hall–Kier alpha value is -2.50. The Labute approximate surface area is 128 Å². The van der Waals surface area contributed by atoms with Crippen molar-refractivity contribution in [3.63, 3.8) is 0 Å². The number of furan rings is 1. The molecule has 0 fully saturated rings. The van der Waals surface area contributed by atoms with Crippen LogP contribution in [0, 0.1) is 0 Å². The minimum atomic E-state index is -0.575. The minimum absolute atomic E-state index is 0.0463. The van der Waals surface area contributed by atoms with E-state index in [9.17, 15) is 9.59 Å². The number of rotatable bonds is 5. The van der Waals surface area contributed by atoms with E-state index in [1.807, 2.05) is 0 Å². The van der Waals surface area contributed by atoms with Gasteiger partial charge >= 0.3 is 11.9 Å². The third-order valence-electron chi connectivity index (χ3n) is 2.97. The van der Waals surface area contributed by atoms with Gasteiger partial charge in [0.15, 0.2) is 0 Å². The second-order valence-corrected chi connectivity index (χ2v) is 4.54. The molecule has 118 valence electrons. The van der Waals surface area contributed by atoms with Gasteiger partial charge in [0.05, 0.1) is 25.6 Å². The van der Waals surface area contributed by atoms with Gasteiger partial charge in [0, 0.05) is 12.3 Å². The van der Waals surface area contributed by atoms with Crippen molar-refractivity contribution >= 4 is 11.9 Å². The van der Waals surface area contributed by atoms with Gasteiger partial charge in [-0.1, -0.05) is 0 Å². The molecular weight excluding hydrogens is 288 g/mol. The van der Waals surface area contributed by atoms with E-state index in [-0.39, 0.29) is 24.9 Å². The molecule has 2 heterocycles. The molecule has 1 unspecified atom stereocenters. The van der Waals surface area contributed by atoms with Crippen molar-refractivity contribution in [2.24, 2.45) is 0 Å². The number of allylic oxidation sites excluding steroid dienone is 2. The fourth-order valence-corrected chi connectivity index (χ4v) is 2.08. The molecule has 1 aliphatic heterocycles. The third kappa shape index (κ3) is 4.00. The van der Waals surface area contributed by atoms with Gasteiger partial charge < -0.3 is 18.6 Å². The topological polar surface area (TPSA) is 75.0 Å². The molecule has 0 radical (unpaired) electrons. The van der Waals surface area contributed by atoms with Gasteiger partial charge in [0.1, 0.15) is 11.5 Å². The lowest BCUT2D eigenvalue weighted by molar-refractivity contribution is -0.142. The zero-order chi connectivity index (χ0) is 15.9. The molecule has 1 atom stereocenters. The normalized spacial score (nSPS) is 19.3. The van der Waals surface area contributed by atoms with Gasteiger partial charge in [-0.05, 0) is 32.1 Å². The van der Waals surface area contributed by atoms with Gasteiger partial charge in [0.25, 0.3) is 0 Å². The maximum absolute atomic E-state index is 11.9. The van der Waals surface area contributed by atoms with Crippen molar-refractivity contribution in [2.45, 2.75) is 26.2 Å². The lowest BCUT2D eigenvalue weighted by Gasteiger charge is -2.21. The number of hydrogen-bond acceptors (Lipinski definition) is 6. The van der Waals surface area contributed by atoms with Gasteiger partial charge in [-0.25, -0.2) is 9.59 Å². The van der Waals surface area contributed by atoms with E-state index in [1.165, 1.54) is 6.08 Å². The summed E-state index contributed by atoms with van der Waals surface area (Å²) in [5.41, 5.74) is 0. The summed E-state index contributed by atoms with van der Waals surface area (Å²) in [6.45, 7) is 3.93. The van der Waals surface area contributed by atoms with Crippen molar-refractivity contribution in [3.8, 4) is 0 Å². The Morgan fingerprint density at radius 3 is 2.73 bits per heavy atom. The average Bonchev–Trinajstić information content (AvgIpc) is 3.01. The minimum Gasteiger partial charge on any atom is -0.469 e. The van der Waals surface area contributed by atoms with Gasteiger partial charge in [-0.15, -0.1) is 0 Å². The summed E-state index contributed by atoms with van der Waals surface area (Å²) in [7, 11) is 0. The van der Waals surface area contributed by atoms with Crippen molar-refractivity contribution in [3.05, 3.63) is 47.8 Å². The predicted octanol–water partition coefficient (Wildman–Crippen LogP) is 2.68. The van der Waals surface area contributed by atoms with Crippen molar-refractivity contribution in [1.82, 2.24) is 0 Å². The van der Waals surface area contributed by atoms with Crippen LogP contribution in [0.4, 0.5) is 0 Å². The number of hydrogen-bond donors (Lipinski definition) is 0. The number of carbonyl (C=O) groups is 2. The fourth-order valence-electron chi connectivity index (χ4n) is 2.08. The first-order valence-corrected chi connectivity index (χ1v) is 7.11. The molecule has 0 spiro atoms. The highest BCUT2D eigenvalue weighted by molar-refractivity contribution is 5.87. The standard InChI is InChI=1S/C16H18O6/c1-3-19-15(17)10-12-8-11(13-6-5-7-21-13)9-14(22-12)16(18)20-4-2/h5-7,9-11H,3-4,8H2,1-2H3/b12-10+. The predicted molar refractivity (Wildman–Crippen MR) is 76.6 cm³/mol. The van der Waals surface area contributed by atoms with E-state index in [1.54, 1.807) is 38.3 Å². The molecule has 1 aliphatic rings. The second kappa shape index (κ2) is 7.49. The van der Waals surface area contributed by atoms with Crippen LogP contribution in [-0.4, -0.2) is 25.2 Å². The summed E-state index contributed by atoms with van der Waals surface area (Å²) in [5.74, 6) is -0.228. The van der Waals surface area contributed by atoms with E-state index in [4.69, 9.17) is 18.6 Å². The van der Waals surface area contributed by atoms with E-state index >= 15 is 0 Å². The van der Waals surface area contributed by atoms with Gasteiger partial charge in [0.2, 0.25) is 5.76 Å². The van der Waals surface area contributed by atoms with Crippen LogP contribution in [0.5, 0.6) is 0 Å². The van der Waals surface area contributed by atoms with E-state index in [2.05, 4.69) is 0 Å². The van der Waals surface area contributed by atoms with Gasteiger partial charge in [-0.2, -0.15) is 0 Å². The molecule has 0 bridgehead atoms. The lowest BCUT2D eigenvalue weighted by atomic mass is 9.97. The monoisotopic (exact) mass is 306 g/mol. The first-order valence-electron chi connectivity index (χ1n) is 7.11. The van der Waals surface area contributed by atoms with E-state index in [0.717, 1.165) is 0 Å². The van der Waals surface area contributed by atoms with E-state index in [0.29, 0.717) is 17.9 Å². The molecule has 0 aliphatic carbocycles. The molecule has 1 aromatic heterocycles. The molecule has 0 saturated carbocycles. The SMILES string of the molecule is CCOC(=O)/C=C1\CC(c2ccco2)C=C(C(=O)OCC)O1. The summed E-state index contributed by atoms with van der Waals surface area (Å²) in [4.78, 5) is 23.4. The first-order chi connectivity index (χ1) is 10.6. The molecule has 1 aromatic rings.